The monoisotopic (exact) mass is 664 g/mol. The van der Waals surface area contributed by atoms with E-state index in [0.29, 0.717) is 29.7 Å². The second kappa shape index (κ2) is 27.7. The number of hydrogen-bond donors (Lipinski definition) is 4. The molecular weight excluding hydrogens is 608 g/mol. The average molecular weight is 665 g/mol. The highest BCUT2D eigenvalue weighted by Crippen LogP contribution is 2.14. The van der Waals surface area contributed by atoms with E-state index in [1.54, 1.807) is 67.8 Å². The van der Waals surface area contributed by atoms with E-state index in [2.05, 4.69) is 29.7 Å². The third-order valence-electron chi connectivity index (χ3n) is 7.46. The number of methoxy groups -OCH3 is 1. The summed E-state index contributed by atoms with van der Waals surface area (Å²) in [6.45, 7) is 2.45. The van der Waals surface area contributed by atoms with Gasteiger partial charge in [0, 0.05) is 24.9 Å². The highest BCUT2D eigenvalue weighted by molar-refractivity contribution is 6.05. The summed E-state index contributed by atoms with van der Waals surface area (Å²) < 4.78 is 5.11. The fourth-order valence-corrected chi connectivity index (χ4v) is 4.69. The van der Waals surface area contributed by atoms with E-state index in [0.717, 1.165) is 25.7 Å². The van der Waals surface area contributed by atoms with Gasteiger partial charge in [-0.3, -0.25) is 19.2 Å². The Hall–Kier alpha value is -4.40. The van der Waals surface area contributed by atoms with E-state index < -0.39 is 23.8 Å². The Labute approximate surface area is 286 Å². The number of unbranched alkanes of at least 4 members (excludes halogenated alkanes) is 11. The maximum atomic E-state index is 12.5. The summed E-state index contributed by atoms with van der Waals surface area (Å²) in [6, 6.07) is 15.5. The van der Waals surface area contributed by atoms with Gasteiger partial charge in [0.1, 0.15) is 11.4 Å². The first kappa shape index (κ1) is 41.6. The smallest absolute Gasteiger partial charge is 0.303 e. The molecule has 264 valence electrons. The zero-order valence-electron chi connectivity index (χ0n) is 28.9. The van der Waals surface area contributed by atoms with Gasteiger partial charge in [0.05, 0.1) is 7.11 Å². The topological polar surface area (TPSA) is 142 Å². The molecule has 2 aromatic rings. The van der Waals surface area contributed by atoms with Gasteiger partial charge < -0.3 is 25.6 Å². The number of carbonyl (C=O) groups is 4. The van der Waals surface area contributed by atoms with Gasteiger partial charge in [-0.25, -0.2) is 0 Å². The molecule has 0 atom stereocenters. The fourth-order valence-electron chi connectivity index (χ4n) is 4.69. The maximum Gasteiger partial charge on any atom is 0.303 e. The SMILES string of the molecule is CCCCCCCCCCC=CCCCCCC(=O)O.COc1ccc(C=C(NC(=O)c2ccccc2)C(=O)NCCCC(=O)O)cc1. The largest absolute Gasteiger partial charge is 0.497 e. The molecule has 0 aromatic heterocycles. The van der Waals surface area contributed by atoms with Crippen LogP contribution in [0.4, 0.5) is 0 Å². The molecule has 9 heteroatoms. The van der Waals surface area contributed by atoms with Crippen LogP contribution in [0, 0.1) is 0 Å². The lowest BCUT2D eigenvalue weighted by molar-refractivity contribution is -0.138. The number of allylic oxidation sites excluding steroid dienone is 2. The lowest BCUT2D eigenvalue weighted by Crippen LogP contribution is -2.35. The second-order valence-electron chi connectivity index (χ2n) is 11.6. The zero-order chi connectivity index (χ0) is 35.2. The van der Waals surface area contributed by atoms with Crippen molar-refractivity contribution in [3.05, 3.63) is 83.6 Å². The van der Waals surface area contributed by atoms with Crippen LogP contribution in [-0.4, -0.2) is 47.6 Å². The molecule has 0 heterocycles. The van der Waals surface area contributed by atoms with Gasteiger partial charge in [-0.1, -0.05) is 101 Å². The number of carboxylic acids is 2. The van der Waals surface area contributed by atoms with Crippen molar-refractivity contribution in [2.75, 3.05) is 13.7 Å². The quantitative estimate of drug-likeness (QED) is 0.0500. The Kier molecular flexibility index (Phi) is 24.0. The summed E-state index contributed by atoms with van der Waals surface area (Å²) in [5, 5.41) is 22.4. The number of carbonyl (C=O) groups excluding carboxylic acids is 2. The minimum absolute atomic E-state index is 0.0474. The van der Waals surface area contributed by atoms with Gasteiger partial charge in [0.15, 0.2) is 0 Å². The predicted octanol–water partition coefficient (Wildman–Crippen LogP) is 8.56. The molecule has 0 spiro atoms. The molecule has 4 N–H and O–H groups in total. The first-order valence-electron chi connectivity index (χ1n) is 17.4. The van der Waals surface area contributed by atoms with Gasteiger partial charge in [0.2, 0.25) is 0 Å². The lowest BCUT2D eigenvalue weighted by Gasteiger charge is -2.11. The molecule has 0 aliphatic heterocycles. The van der Waals surface area contributed by atoms with Crippen molar-refractivity contribution in [2.24, 2.45) is 0 Å². The van der Waals surface area contributed by atoms with Crippen molar-refractivity contribution < 1.29 is 34.1 Å². The van der Waals surface area contributed by atoms with Crippen LogP contribution in [0.15, 0.2) is 72.4 Å². The Bertz CT molecular complexity index is 1240. The maximum absolute atomic E-state index is 12.5. The Morgan fingerprint density at radius 1 is 0.688 bits per heavy atom. The first-order chi connectivity index (χ1) is 23.3. The van der Waals surface area contributed by atoms with Gasteiger partial charge in [0.25, 0.3) is 11.8 Å². The number of rotatable bonds is 24. The van der Waals surface area contributed by atoms with Gasteiger partial charge >= 0.3 is 11.9 Å². The summed E-state index contributed by atoms with van der Waals surface area (Å²) in [4.78, 5) is 45.9. The molecule has 0 unspecified atom stereocenters. The molecule has 9 nitrogen and oxygen atoms in total. The molecular formula is C39H56N2O7. The highest BCUT2D eigenvalue weighted by atomic mass is 16.5. The summed E-state index contributed by atoms with van der Waals surface area (Å²) in [7, 11) is 1.56. The van der Waals surface area contributed by atoms with Crippen LogP contribution in [0.3, 0.4) is 0 Å². The fraction of sp³-hybridized carbons (Fsp3) is 0.487. The van der Waals surface area contributed by atoms with Gasteiger partial charge in [-0.15, -0.1) is 0 Å². The molecule has 0 bridgehead atoms. The number of hydrogen-bond acceptors (Lipinski definition) is 5. The molecule has 0 radical (unpaired) electrons. The summed E-state index contributed by atoms with van der Waals surface area (Å²) in [6.07, 6.45) is 23.0. The molecule has 0 aliphatic rings. The van der Waals surface area contributed by atoms with Crippen molar-refractivity contribution in [1.29, 1.82) is 0 Å². The summed E-state index contributed by atoms with van der Waals surface area (Å²) in [5.74, 6) is -1.84. The van der Waals surface area contributed by atoms with Crippen LogP contribution in [0.5, 0.6) is 5.75 Å². The van der Waals surface area contributed by atoms with E-state index >= 15 is 0 Å². The molecule has 2 amide bonds. The number of aliphatic carboxylic acids is 2. The zero-order valence-corrected chi connectivity index (χ0v) is 28.9. The van der Waals surface area contributed by atoms with E-state index in [-0.39, 0.29) is 18.7 Å². The van der Waals surface area contributed by atoms with Crippen LogP contribution < -0.4 is 15.4 Å². The molecule has 0 saturated carbocycles. The van der Waals surface area contributed by atoms with Crippen LogP contribution in [0.25, 0.3) is 6.08 Å². The van der Waals surface area contributed by atoms with Gasteiger partial charge in [-0.05, 0) is 74.4 Å². The molecule has 0 aliphatic carbocycles. The Balaban J connectivity index is 0.000000511. The van der Waals surface area contributed by atoms with Crippen LogP contribution in [0.1, 0.15) is 126 Å². The molecule has 0 saturated heterocycles. The van der Waals surface area contributed by atoms with Crippen LogP contribution >= 0.6 is 0 Å². The van der Waals surface area contributed by atoms with Crippen molar-refractivity contribution in [2.45, 2.75) is 110 Å². The molecule has 48 heavy (non-hydrogen) atoms. The van der Waals surface area contributed by atoms with E-state index in [1.807, 2.05) is 0 Å². The molecule has 2 rings (SSSR count). The minimum atomic E-state index is -0.930. The molecule has 0 fully saturated rings. The second-order valence-corrected chi connectivity index (χ2v) is 11.6. The minimum Gasteiger partial charge on any atom is -0.497 e. The van der Waals surface area contributed by atoms with E-state index in [1.165, 1.54) is 57.8 Å². The molecule has 2 aromatic carbocycles. The van der Waals surface area contributed by atoms with Crippen molar-refractivity contribution in [3.8, 4) is 5.75 Å². The number of benzene rings is 2. The lowest BCUT2D eigenvalue weighted by atomic mass is 10.1. The Morgan fingerprint density at radius 3 is 1.79 bits per heavy atom. The van der Waals surface area contributed by atoms with Crippen molar-refractivity contribution in [3.63, 3.8) is 0 Å². The van der Waals surface area contributed by atoms with E-state index in [9.17, 15) is 19.2 Å². The van der Waals surface area contributed by atoms with Crippen LogP contribution in [0.2, 0.25) is 0 Å². The third-order valence-corrected chi connectivity index (χ3v) is 7.46. The normalized spacial score (nSPS) is 11.0. The average Bonchev–Trinajstić information content (AvgIpc) is 3.08. The highest BCUT2D eigenvalue weighted by Gasteiger charge is 2.14. The van der Waals surface area contributed by atoms with E-state index in [4.69, 9.17) is 14.9 Å². The predicted molar refractivity (Wildman–Crippen MR) is 192 cm³/mol. The van der Waals surface area contributed by atoms with Crippen molar-refractivity contribution in [1.82, 2.24) is 10.6 Å². The number of amides is 2. The Morgan fingerprint density at radius 2 is 1.23 bits per heavy atom. The number of ether oxygens (including phenoxy) is 1. The summed E-state index contributed by atoms with van der Waals surface area (Å²) >= 11 is 0. The standard InChI is InChI=1S/C21H22N2O5.C18H34O2/c1-28-17-11-9-15(10-12-17)14-18(21(27)22-13-5-8-19(24)25)23-20(26)16-6-3-2-4-7-16;1-2-3-4-5-6-7-8-9-10-11-12-13-14-15-16-17-18(19)20/h2-4,6-7,9-12,14H,5,8,13H2,1H3,(H,22,27)(H,23,26)(H,24,25);11-12H,2-10,13-17H2,1H3,(H,19,20). The third kappa shape index (κ3) is 22.2. The first-order valence-corrected chi connectivity index (χ1v) is 17.4. The van der Waals surface area contributed by atoms with Crippen molar-refractivity contribution >= 4 is 29.8 Å². The number of nitrogens with one attached hydrogen (secondary N) is 2. The van der Waals surface area contributed by atoms with Crippen LogP contribution in [-0.2, 0) is 14.4 Å². The summed E-state index contributed by atoms with van der Waals surface area (Å²) in [5.41, 5.74) is 1.18. The van der Waals surface area contributed by atoms with Gasteiger partial charge in [-0.2, -0.15) is 0 Å². The number of carboxylic acid groups (broad SMARTS) is 2.